The van der Waals surface area contributed by atoms with Crippen LogP contribution >= 0.6 is 0 Å². The average molecular weight is 546 g/mol. The lowest BCUT2D eigenvalue weighted by atomic mass is 10.1. The van der Waals surface area contributed by atoms with Gasteiger partial charge in [0.1, 0.15) is 0 Å². The fourth-order valence-corrected chi connectivity index (χ4v) is 3.52. The number of nitrogens with one attached hydrogen (secondary N) is 3. The van der Waals surface area contributed by atoms with E-state index in [1.54, 1.807) is 36.4 Å². The Morgan fingerprint density at radius 2 is 1.22 bits per heavy atom. The first-order chi connectivity index (χ1) is 19.8. The van der Waals surface area contributed by atoms with Crippen molar-refractivity contribution < 1.29 is 14.4 Å². The summed E-state index contributed by atoms with van der Waals surface area (Å²) in [6.45, 7) is 6.78. The standard InChI is InChI=1S/C17H16N2O.C16H15N3O2/c1-2-17(20)19-15-11-10-14(16(18)12-15)9-8-13-6-4-3-5-7-13;1-2-15(20)18-14-9-11(8-12(17)10-14)16(21)19-13-6-4-3-5-7-13/h2-12H,1,18H2,(H,19,20);2-10H,1,17H2,(H,18,20)(H,19,21). The predicted octanol–water partition coefficient (Wildman–Crippen LogP) is 6.21. The van der Waals surface area contributed by atoms with E-state index in [0.29, 0.717) is 34.0 Å². The molecule has 0 heterocycles. The second-order valence-corrected chi connectivity index (χ2v) is 8.64. The maximum Gasteiger partial charge on any atom is 0.255 e. The van der Waals surface area contributed by atoms with E-state index in [1.807, 2.05) is 72.8 Å². The molecule has 0 radical (unpaired) electrons. The first-order valence-electron chi connectivity index (χ1n) is 12.5. The molecule has 0 saturated carbocycles. The van der Waals surface area contributed by atoms with Crippen molar-refractivity contribution >= 4 is 58.3 Å². The SMILES string of the molecule is C=CC(=O)Nc1cc(N)cc(C(=O)Nc2ccccc2)c1.C=CC(=O)Nc1ccc(C=Cc2ccccc2)c(N)c1. The molecule has 0 aliphatic heterocycles. The van der Waals surface area contributed by atoms with Crippen LogP contribution in [0.2, 0.25) is 0 Å². The molecule has 0 spiro atoms. The van der Waals surface area contributed by atoms with Gasteiger partial charge in [0.25, 0.3) is 5.91 Å². The van der Waals surface area contributed by atoms with Crippen molar-refractivity contribution in [2.75, 3.05) is 27.4 Å². The number of carbonyl (C=O) groups is 3. The summed E-state index contributed by atoms with van der Waals surface area (Å²) >= 11 is 0. The zero-order valence-corrected chi connectivity index (χ0v) is 22.3. The average Bonchev–Trinajstić information content (AvgIpc) is 2.97. The van der Waals surface area contributed by atoms with Crippen molar-refractivity contribution in [3.05, 3.63) is 139 Å². The van der Waals surface area contributed by atoms with Gasteiger partial charge < -0.3 is 27.4 Å². The van der Waals surface area contributed by atoms with Crippen molar-refractivity contribution in [3.63, 3.8) is 0 Å². The highest BCUT2D eigenvalue weighted by molar-refractivity contribution is 6.06. The first-order valence-corrected chi connectivity index (χ1v) is 12.5. The molecule has 0 bridgehead atoms. The third-order valence-corrected chi connectivity index (χ3v) is 5.50. The molecule has 0 aliphatic rings. The number of rotatable bonds is 8. The fourth-order valence-electron chi connectivity index (χ4n) is 3.52. The van der Waals surface area contributed by atoms with Gasteiger partial charge in [-0.3, -0.25) is 14.4 Å². The minimum atomic E-state index is -0.366. The molecule has 4 rings (SSSR count). The molecule has 4 aromatic rings. The molecule has 41 heavy (non-hydrogen) atoms. The van der Waals surface area contributed by atoms with Crippen molar-refractivity contribution in [1.29, 1.82) is 0 Å². The van der Waals surface area contributed by atoms with Crippen LogP contribution in [0.1, 0.15) is 21.5 Å². The molecule has 3 amide bonds. The van der Waals surface area contributed by atoms with Gasteiger partial charge in [0.2, 0.25) is 11.8 Å². The van der Waals surface area contributed by atoms with Crippen LogP contribution < -0.4 is 27.4 Å². The number of para-hydroxylation sites is 1. The number of amides is 3. The van der Waals surface area contributed by atoms with E-state index in [1.165, 1.54) is 6.08 Å². The largest absolute Gasteiger partial charge is 0.399 e. The number of anilines is 5. The number of nitrogens with two attached hydrogens (primary N) is 2. The van der Waals surface area contributed by atoms with Gasteiger partial charge in [-0.2, -0.15) is 0 Å². The Morgan fingerprint density at radius 3 is 1.83 bits per heavy atom. The van der Waals surface area contributed by atoms with Crippen LogP contribution in [0.25, 0.3) is 12.2 Å². The minimum absolute atomic E-state index is 0.253. The quantitative estimate of drug-likeness (QED) is 0.102. The molecule has 0 aliphatic carbocycles. The monoisotopic (exact) mass is 545 g/mol. The number of benzene rings is 4. The Hall–Kier alpha value is -5.89. The smallest absolute Gasteiger partial charge is 0.255 e. The molecule has 8 nitrogen and oxygen atoms in total. The van der Waals surface area contributed by atoms with E-state index in [9.17, 15) is 14.4 Å². The Labute approximate surface area is 239 Å². The van der Waals surface area contributed by atoms with Gasteiger partial charge in [-0.15, -0.1) is 0 Å². The minimum Gasteiger partial charge on any atom is -0.399 e. The lowest BCUT2D eigenvalue weighted by molar-refractivity contribution is -0.112. The predicted molar refractivity (Wildman–Crippen MR) is 169 cm³/mol. The maximum atomic E-state index is 12.2. The van der Waals surface area contributed by atoms with E-state index in [4.69, 9.17) is 11.5 Å². The summed E-state index contributed by atoms with van der Waals surface area (Å²) < 4.78 is 0. The first kappa shape index (κ1) is 29.7. The van der Waals surface area contributed by atoms with Crippen molar-refractivity contribution in [1.82, 2.24) is 0 Å². The highest BCUT2D eigenvalue weighted by Crippen LogP contribution is 2.21. The highest BCUT2D eigenvalue weighted by atomic mass is 16.2. The number of carbonyl (C=O) groups excluding carboxylic acids is 3. The molecule has 0 atom stereocenters. The zero-order valence-electron chi connectivity index (χ0n) is 22.3. The van der Waals surface area contributed by atoms with Crippen LogP contribution in [0.15, 0.2) is 122 Å². The second kappa shape index (κ2) is 14.9. The van der Waals surface area contributed by atoms with E-state index in [2.05, 4.69) is 29.1 Å². The van der Waals surface area contributed by atoms with Crippen LogP contribution in [0.4, 0.5) is 28.4 Å². The summed E-state index contributed by atoms with van der Waals surface area (Å²) in [7, 11) is 0. The molecule has 7 N–H and O–H groups in total. The van der Waals surface area contributed by atoms with Gasteiger partial charge in [0.05, 0.1) is 0 Å². The van der Waals surface area contributed by atoms with Gasteiger partial charge in [0.15, 0.2) is 0 Å². The Morgan fingerprint density at radius 1 is 0.610 bits per heavy atom. The maximum absolute atomic E-state index is 12.2. The Kier molecular flexibility index (Phi) is 10.8. The summed E-state index contributed by atoms with van der Waals surface area (Å²) in [4.78, 5) is 34.7. The van der Waals surface area contributed by atoms with Gasteiger partial charge in [-0.05, 0) is 65.7 Å². The Balaban J connectivity index is 0.000000226. The van der Waals surface area contributed by atoms with Crippen molar-refractivity contribution in [3.8, 4) is 0 Å². The third kappa shape index (κ3) is 9.73. The van der Waals surface area contributed by atoms with Crippen LogP contribution in [-0.2, 0) is 9.59 Å². The summed E-state index contributed by atoms with van der Waals surface area (Å²) in [5.41, 5.74) is 16.9. The molecule has 0 saturated heterocycles. The summed E-state index contributed by atoms with van der Waals surface area (Å²) in [6.07, 6.45) is 6.31. The van der Waals surface area contributed by atoms with Gasteiger partial charge in [-0.25, -0.2) is 0 Å². The molecule has 8 heteroatoms. The molecular formula is C33H31N5O3. The fraction of sp³-hybridized carbons (Fsp3) is 0. The topological polar surface area (TPSA) is 139 Å². The van der Waals surface area contributed by atoms with Gasteiger partial charge >= 0.3 is 0 Å². The van der Waals surface area contributed by atoms with Crippen LogP contribution in [0, 0.1) is 0 Å². The van der Waals surface area contributed by atoms with Gasteiger partial charge in [-0.1, -0.05) is 79.9 Å². The van der Waals surface area contributed by atoms with E-state index < -0.39 is 0 Å². The van der Waals surface area contributed by atoms with Gasteiger partial charge in [0, 0.05) is 34.0 Å². The van der Waals surface area contributed by atoms with E-state index in [-0.39, 0.29) is 17.7 Å². The summed E-state index contributed by atoms with van der Waals surface area (Å²) in [6, 6.07) is 29.1. The molecule has 0 unspecified atom stereocenters. The lowest BCUT2D eigenvalue weighted by Crippen LogP contribution is -2.14. The summed E-state index contributed by atoms with van der Waals surface area (Å²) in [5.74, 6) is -0.922. The van der Waals surface area contributed by atoms with Crippen LogP contribution in [0.5, 0.6) is 0 Å². The van der Waals surface area contributed by atoms with E-state index in [0.717, 1.165) is 17.2 Å². The lowest BCUT2D eigenvalue weighted by Gasteiger charge is -2.09. The molecule has 0 aromatic heterocycles. The van der Waals surface area contributed by atoms with Crippen LogP contribution in [0.3, 0.4) is 0 Å². The number of hydrogen-bond acceptors (Lipinski definition) is 5. The summed E-state index contributed by atoms with van der Waals surface area (Å²) in [5, 5.41) is 8.00. The van der Waals surface area contributed by atoms with Crippen molar-refractivity contribution in [2.24, 2.45) is 0 Å². The normalized spacial score (nSPS) is 10.0. The van der Waals surface area contributed by atoms with E-state index >= 15 is 0 Å². The number of hydrogen-bond donors (Lipinski definition) is 5. The third-order valence-electron chi connectivity index (χ3n) is 5.50. The molecule has 206 valence electrons. The zero-order chi connectivity index (χ0) is 29.6. The Bertz CT molecular complexity index is 1560. The molecule has 4 aromatic carbocycles. The molecule has 0 fully saturated rings. The second-order valence-electron chi connectivity index (χ2n) is 8.64. The van der Waals surface area contributed by atoms with Crippen LogP contribution in [-0.4, -0.2) is 17.7 Å². The highest BCUT2D eigenvalue weighted by Gasteiger charge is 2.09. The number of nitrogen functional groups attached to an aromatic ring is 2. The molecular weight excluding hydrogens is 514 g/mol. The van der Waals surface area contributed by atoms with Crippen molar-refractivity contribution in [2.45, 2.75) is 0 Å².